The molecule has 180 valence electrons. The maximum atomic E-state index is 13.0. The fraction of sp³-hybridized carbons (Fsp3) is 0.480. The molecule has 0 unspecified atom stereocenters. The largest absolute Gasteiger partial charge is 0.416 e. The van der Waals surface area contributed by atoms with Crippen LogP contribution in [-0.4, -0.2) is 51.9 Å². The summed E-state index contributed by atoms with van der Waals surface area (Å²) in [6.45, 7) is 1.18. The maximum Gasteiger partial charge on any atom is 0.416 e. The third-order valence-corrected chi connectivity index (χ3v) is 7.78. The van der Waals surface area contributed by atoms with E-state index >= 15 is 0 Å². The molecule has 1 saturated heterocycles. The first kappa shape index (κ1) is 22.7. The summed E-state index contributed by atoms with van der Waals surface area (Å²) in [6, 6.07) is 7.13. The van der Waals surface area contributed by atoms with Crippen molar-refractivity contribution in [3.8, 4) is 0 Å². The molecule has 1 aliphatic carbocycles. The molecule has 5 rings (SSSR count). The number of amides is 1. The number of benzene rings is 1. The molecule has 2 fully saturated rings. The fourth-order valence-corrected chi connectivity index (χ4v) is 5.61. The number of hydrogen-bond donors (Lipinski definition) is 1. The number of anilines is 1. The summed E-state index contributed by atoms with van der Waals surface area (Å²) >= 11 is 0. The van der Waals surface area contributed by atoms with Crippen molar-refractivity contribution >= 4 is 22.8 Å². The van der Waals surface area contributed by atoms with Crippen molar-refractivity contribution in [2.45, 2.75) is 50.7 Å². The first-order chi connectivity index (χ1) is 16.3. The van der Waals surface area contributed by atoms with Crippen molar-refractivity contribution in [1.82, 2.24) is 19.9 Å². The topological polar surface area (TPSA) is 65.1 Å². The number of alkyl halides is 3. The Kier molecular flexibility index (Phi) is 5.73. The van der Waals surface area contributed by atoms with Gasteiger partial charge in [0.1, 0.15) is 17.8 Å². The van der Waals surface area contributed by atoms with Crippen LogP contribution in [-0.2, 0) is 6.18 Å². The monoisotopic (exact) mass is 471 g/mol. The highest BCUT2D eigenvalue weighted by Crippen LogP contribution is 2.46. The first-order valence-corrected chi connectivity index (χ1v) is 11.7. The molecule has 0 atom stereocenters. The van der Waals surface area contributed by atoms with Crippen LogP contribution in [0, 0.1) is 5.41 Å². The van der Waals surface area contributed by atoms with Gasteiger partial charge >= 0.3 is 6.18 Å². The van der Waals surface area contributed by atoms with Gasteiger partial charge in [-0.3, -0.25) is 4.79 Å². The lowest BCUT2D eigenvalue weighted by Gasteiger charge is -2.47. The summed E-state index contributed by atoms with van der Waals surface area (Å²) in [5.74, 6) is 0.627. The molecule has 0 radical (unpaired) electrons. The van der Waals surface area contributed by atoms with Crippen LogP contribution in [0.25, 0.3) is 11.0 Å². The second-order valence-corrected chi connectivity index (χ2v) is 9.65. The number of nitrogens with zero attached hydrogens (tertiary/aromatic N) is 4. The molecule has 1 aliphatic heterocycles. The van der Waals surface area contributed by atoms with E-state index in [-0.39, 0.29) is 16.9 Å². The van der Waals surface area contributed by atoms with Gasteiger partial charge in [-0.15, -0.1) is 0 Å². The molecule has 34 heavy (non-hydrogen) atoms. The number of nitrogens with one attached hydrogen (secondary N) is 1. The normalized spacial score (nSPS) is 19.0. The number of H-pyrrole nitrogens is 1. The molecular weight excluding hydrogens is 443 g/mol. The van der Waals surface area contributed by atoms with Crippen molar-refractivity contribution in [2.24, 2.45) is 5.41 Å². The predicted octanol–water partition coefficient (Wildman–Crippen LogP) is 5.28. The Morgan fingerprint density at radius 2 is 1.85 bits per heavy atom. The highest BCUT2D eigenvalue weighted by Gasteiger charge is 2.40. The Morgan fingerprint density at radius 3 is 2.56 bits per heavy atom. The molecule has 2 aromatic heterocycles. The quantitative estimate of drug-likeness (QED) is 0.565. The van der Waals surface area contributed by atoms with Crippen molar-refractivity contribution in [1.29, 1.82) is 0 Å². The van der Waals surface area contributed by atoms with Gasteiger partial charge in [-0.05, 0) is 68.2 Å². The second-order valence-electron chi connectivity index (χ2n) is 9.65. The number of likely N-dealkylation sites (tertiary alicyclic amines) is 1. The van der Waals surface area contributed by atoms with Gasteiger partial charge in [0.2, 0.25) is 0 Å². The number of fused-ring (bicyclic) bond motifs is 1. The number of carbonyl (C=O) groups excluding carboxylic acids is 1. The molecule has 1 amide bonds. The van der Waals surface area contributed by atoms with Crippen molar-refractivity contribution in [3.05, 3.63) is 54.0 Å². The summed E-state index contributed by atoms with van der Waals surface area (Å²) in [5, 5.41) is 1.02. The van der Waals surface area contributed by atoms with E-state index in [1.807, 2.05) is 12.3 Å². The van der Waals surface area contributed by atoms with E-state index in [0.29, 0.717) is 19.1 Å². The molecule has 9 heteroatoms. The van der Waals surface area contributed by atoms with E-state index in [1.165, 1.54) is 12.1 Å². The van der Waals surface area contributed by atoms with Crippen LogP contribution in [0.1, 0.15) is 54.4 Å². The zero-order valence-electron chi connectivity index (χ0n) is 19.1. The lowest BCUT2D eigenvalue weighted by Crippen LogP contribution is -2.46. The number of hydrogen-bond acceptors (Lipinski definition) is 4. The van der Waals surface area contributed by atoms with Crippen molar-refractivity contribution in [3.63, 3.8) is 0 Å². The minimum Gasteiger partial charge on any atom is -0.356 e. The Labute approximate surface area is 196 Å². The lowest BCUT2D eigenvalue weighted by molar-refractivity contribution is -0.137. The zero-order chi connectivity index (χ0) is 23.9. The Balaban J connectivity index is 1.19. The molecular formula is C25H28F3N5O. The highest BCUT2D eigenvalue weighted by molar-refractivity contribution is 5.94. The molecule has 1 aromatic carbocycles. The summed E-state index contributed by atoms with van der Waals surface area (Å²) in [5.41, 5.74) is 0.366. The molecule has 1 N–H and O–H groups in total. The molecule has 3 heterocycles. The van der Waals surface area contributed by atoms with Crippen molar-refractivity contribution < 1.29 is 18.0 Å². The zero-order valence-corrected chi connectivity index (χ0v) is 19.1. The van der Waals surface area contributed by atoms with Crippen LogP contribution >= 0.6 is 0 Å². The van der Waals surface area contributed by atoms with Gasteiger partial charge in [0.05, 0.1) is 10.9 Å². The van der Waals surface area contributed by atoms with Crippen LogP contribution in [0.4, 0.5) is 19.0 Å². The van der Waals surface area contributed by atoms with Crippen LogP contribution in [0.2, 0.25) is 0 Å². The van der Waals surface area contributed by atoms with Gasteiger partial charge in [0.15, 0.2) is 0 Å². The van der Waals surface area contributed by atoms with E-state index in [4.69, 9.17) is 0 Å². The third-order valence-electron chi connectivity index (χ3n) is 7.78. The first-order valence-electron chi connectivity index (χ1n) is 11.7. The smallest absolute Gasteiger partial charge is 0.356 e. The van der Waals surface area contributed by atoms with E-state index in [0.717, 1.165) is 67.5 Å². The highest BCUT2D eigenvalue weighted by atomic mass is 19.4. The third kappa shape index (κ3) is 4.23. The maximum absolute atomic E-state index is 13.0. The number of halogens is 3. The number of aromatic amines is 1. The van der Waals surface area contributed by atoms with Gasteiger partial charge in [-0.2, -0.15) is 13.2 Å². The summed E-state index contributed by atoms with van der Waals surface area (Å²) in [7, 11) is 2.09. The van der Waals surface area contributed by atoms with Gasteiger partial charge in [-0.25, -0.2) is 9.97 Å². The van der Waals surface area contributed by atoms with Crippen LogP contribution < -0.4 is 4.90 Å². The van der Waals surface area contributed by atoms with Gasteiger partial charge in [-0.1, -0.05) is 6.07 Å². The van der Waals surface area contributed by atoms with Gasteiger partial charge in [0, 0.05) is 37.9 Å². The van der Waals surface area contributed by atoms with E-state index in [9.17, 15) is 18.0 Å². The van der Waals surface area contributed by atoms with Crippen LogP contribution in [0.5, 0.6) is 0 Å². The number of carbonyl (C=O) groups is 1. The molecule has 0 bridgehead atoms. The SMILES string of the molecule is CN(c1ncnc2[nH]ccc12)C1CCC2(CC1)CCN(C(=O)c1cccc(C(F)(F)F)c1)CC2. The van der Waals surface area contributed by atoms with E-state index in [1.54, 1.807) is 11.2 Å². The average Bonchev–Trinajstić information content (AvgIpc) is 3.33. The molecule has 3 aromatic rings. The lowest BCUT2D eigenvalue weighted by atomic mass is 9.66. The molecule has 1 saturated carbocycles. The predicted molar refractivity (Wildman–Crippen MR) is 124 cm³/mol. The standard InChI is InChI=1S/C25H28F3N5O/c1-32(22-20-7-12-29-21(20)30-16-31-22)19-5-8-24(9-6-19)10-13-33(14-11-24)23(34)17-3-2-4-18(15-17)25(26,27)28/h2-4,7,12,15-16,19H,5-6,8-11,13-14H2,1H3,(H,29,30,31). The Morgan fingerprint density at radius 1 is 1.12 bits per heavy atom. The fourth-order valence-electron chi connectivity index (χ4n) is 5.61. The van der Waals surface area contributed by atoms with Gasteiger partial charge < -0.3 is 14.8 Å². The van der Waals surface area contributed by atoms with E-state index in [2.05, 4.69) is 26.9 Å². The summed E-state index contributed by atoms with van der Waals surface area (Å²) < 4.78 is 39.1. The molecule has 2 aliphatic rings. The Bertz CT molecular complexity index is 1170. The molecule has 1 spiro atoms. The number of piperidine rings is 1. The Hall–Kier alpha value is -3.10. The van der Waals surface area contributed by atoms with Crippen LogP contribution in [0.15, 0.2) is 42.9 Å². The number of aromatic nitrogens is 3. The average molecular weight is 472 g/mol. The minimum absolute atomic E-state index is 0.108. The minimum atomic E-state index is -4.45. The van der Waals surface area contributed by atoms with Gasteiger partial charge in [0.25, 0.3) is 5.91 Å². The van der Waals surface area contributed by atoms with Crippen LogP contribution in [0.3, 0.4) is 0 Å². The number of rotatable bonds is 3. The van der Waals surface area contributed by atoms with Crippen molar-refractivity contribution in [2.75, 3.05) is 25.0 Å². The van der Waals surface area contributed by atoms with E-state index < -0.39 is 11.7 Å². The summed E-state index contributed by atoms with van der Waals surface area (Å²) in [4.78, 5) is 28.8. The molecule has 6 nitrogen and oxygen atoms in total. The second kappa shape index (κ2) is 8.60. The summed E-state index contributed by atoms with van der Waals surface area (Å²) in [6.07, 6.45) is 5.05.